The first-order valence-electron chi connectivity index (χ1n) is 7.08. The Morgan fingerprint density at radius 3 is 2.26 bits per heavy atom. The van der Waals surface area contributed by atoms with Gasteiger partial charge in [-0.1, -0.05) is 32.0 Å². The van der Waals surface area contributed by atoms with Gasteiger partial charge < -0.3 is 10.0 Å². The third kappa shape index (κ3) is 2.69. The molecule has 0 spiro atoms. The minimum absolute atomic E-state index is 0.465. The van der Waals surface area contributed by atoms with Crippen molar-refractivity contribution in [3.63, 3.8) is 0 Å². The number of nitrogens with zero attached hydrogens (tertiary/aromatic N) is 1. The van der Waals surface area contributed by atoms with Crippen LogP contribution in [0.3, 0.4) is 0 Å². The second-order valence-electron chi connectivity index (χ2n) is 6.09. The first kappa shape index (κ1) is 14.1. The molecule has 1 aromatic rings. The van der Waals surface area contributed by atoms with Gasteiger partial charge in [0.15, 0.2) is 0 Å². The molecule has 0 aromatic heterocycles. The van der Waals surface area contributed by atoms with E-state index < -0.39 is 6.10 Å². The summed E-state index contributed by atoms with van der Waals surface area (Å²) in [6, 6.07) is 6.71. The maximum absolute atomic E-state index is 10.7. The molecule has 1 aliphatic rings. The molecule has 0 fully saturated rings. The lowest BCUT2D eigenvalue weighted by Crippen LogP contribution is -2.27. The second kappa shape index (κ2) is 5.38. The molecule has 0 bridgehead atoms. The van der Waals surface area contributed by atoms with Crippen molar-refractivity contribution in [2.45, 2.75) is 46.3 Å². The molecule has 0 aliphatic carbocycles. The lowest BCUT2D eigenvalue weighted by molar-refractivity contribution is 0.207. The quantitative estimate of drug-likeness (QED) is 0.897. The van der Waals surface area contributed by atoms with Gasteiger partial charge in [-0.3, -0.25) is 0 Å². The van der Waals surface area contributed by atoms with Crippen LogP contribution in [0.2, 0.25) is 0 Å². The highest BCUT2D eigenvalue weighted by Gasteiger charge is 2.29. The Morgan fingerprint density at radius 2 is 1.79 bits per heavy atom. The molecule has 0 amide bonds. The summed E-state index contributed by atoms with van der Waals surface area (Å²) >= 11 is 0. The van der Waals surface area contributed by atoms with Crippen molar-refractivity contribution in [2.24, 2.45) is 5.92 Å². The van der Waals surface area contributed by atoms with E-state index in [1.165, 1.54) is 11.1 Å². The van der Waals surface area contributed by atoms with Crippen LogP contribution in [-0.2, 0) is 0 Å². The van der Waals surface area contributed by atoms with Gasteiger partial charge in [-0.15, -0.1) is 0 Å². The smallest absolute Gasteiger partial charge is 0.102 e. The Balaban J connectivity index is 2.27. The lowest BCUT2D eigenvalue weighted by Gasteiger charge is -2.24. The van der Waals surface area contributed by atoms with Crippen LogP contribution in [0.1, 0.15) is 43.1 Å². The zero-order valence-electron chi connectivity index (χ0n) is 12.6. The maximum Gasteiger partial charge on any atom is 0.102 e. The molecule has 19 heavy (non-hydrogen) atoms. The Hall–Kier alpha value is -1.28. The van der Waals surface area contributed by atoms with E-state index in [1.54, 1.807) is 0 Å². The number of benzene rings is 1. The highest BCUT2D eigenvalue weighted by atomic mass is 16.3. The summed E-state index contributed by atoms with van der Waals surface area (Å²) in [4.78, 5) is 2.25. The molecule has 1 aromatic carbocycles. The monoisotopic (exact) mass is 259 g/mol. The fourth-order valence-corrected chi connectivity index (χ4v) is 3.13. The van der Waals surface area contributed by atoms with E-state index in [4.69, 9.17) is 0 Å². The molecule has 2 atom stereocenters. The van der Waals surface area contributed by atoms with E-state index in [1.807, 2.05) is 6.07 Å². The van der Waals surface area contributed by atoms with Crippen molar-refractivity contribution in [1.29, 1.82) is 0 Å². The van der Waals surface area contributed by atoms with Gasteiger partial charge in [0.05, 0.1) is 0 Å². The molecule has 2 rings (SSSR count). The average Bonchev–Trinajstić information content (AvgIpc) is 2.71. The molecule has 104 valence electrons. The van der Waals surface area contributed by atoms with Crippen molar-refractivity contribution >= 4 is 0 Å². The molecule has 0 saturated carbocycles. The summed E-state index contributed by atoms with van der Waals surface area (Å²) in [5.74, 6) is 0.601. The largest absolute Gasteiger partial charge is 0.384 e. The van der Waals surface area contributed by atoms with Gasteiger partial charge in [0.2, 0.25) is 0 Å². The molecular weight excluding hydrogens is 234 g/mol. The predicted octanol–water partition coefficient (Wildman–Crippen LogP) is 3.58. The van der Waals surface area contributed by atoms with Gasteiger partial charge in [-0.25, -0.2) is 0 Å². The minimum atomic E-state index is -0.465. The van der Waals surface area contributed by atoms with Crippen LogP contribution in [0, 0.1) is 19.8 Å². The molecule has 1 heterocycles. The van der Waals surface area contributed by atoms with Gasteiger partial charge in [-0.05, 0) is 48.4 Å². The normalized spacial score (nSPS) is 20.9. The van der Waals surface area contributed by atoms with E-state index in [9.17, 15) is 5.11 Å². The fraction of sp³-hybridized carbons (Fsp3) is 0.529. The van der Waals surface area contributed by atoms with Crippen molar-refractivity contribution in [3.05, 3.63) is 46.7 Å². The number of aliphatic hydroxyl groups is 1. The molecule has 1 N–H and O–H groups in total. The van der Waals surface area contributed by atoms with Crippen molar-refractivity contribution in [2.75, 3.05) is 7.05 Å². The van der Waals surface area contributed by atoms with Crippen molar-refractivity contribution in [1.82, 2.24) is 4.90 Å². The third-order valence-corrected chi connectivity index (χ3v) is 4.27. The number of hydrogen-bond donors (Lipinski definition) is 1. The van der Waals surface area contributed by atoms with Gasteiger partial charge in [0, 0.05) is 19.3 Å². The molecule has 0 radical (unpaired) electrons. The topological polar surface area (TPSA) is 23.5 Å². The summed E-state index contributed by atoms with van der Waals surface area (Å²) in [6.07, 6.45) is 2.62. The van der Waals surface area contributed by atoms with Crippen molar-refractivity contribution in [3.8, 4) is 0 Å². The van der Waals surface area contributed by atoms with Gasteiger partial charge in [0.25, 0.3) is 0 Å². The van der Waals surface area contributed by atoms with E-state index in [0.29, 0.717) is 12.0 Å². The lowest BCUT2D eigenvalue weighted by atomic mass is 9.90. The Bertz CT molecular complexity index is 470. The molecule has 0 saturated heterocycles. The van der Waals surface area contributed by atoms with Crippen LogP contribution in [-0.4, -0.2) is 23.1 Å². The number of hydrogen-bond acceptors (Lipinski definition) is 2. The summed E-state index contributed by atoms with van der Waals surface area (Å²) in [5, 5.41) is 10.7. The first-order chi connectivity index (χ1) is 8.91. The van der Waals surface area contributed by atoms with Gasteiger partial charge in [0.1, 0.15) is 6.10 Å². The molecule has 2 heteroatoms. The van der Waals surface area contributed by atoms with Crippen LogP contribution < -0.4 is 0 Å². The summed E-state index contributed by atoms with van der Waals surface area (Å²) < 4.78 is 0. The summed E-state index contributed by atoms with van der Waals surface area (Å²) in [6.45, 7) is 8.63. The Morgan fingerprint density at radius 1 is 1.21 bits per heavy atom. The van der Waals surface area contributed by atoms with Crippen LogP contribution in [0.25, 0.3) is 0 Å². The maximum atomic E-state index is 10.7. The van der Waals surface area contributed by atoms with E-state index in [2.05, 4.69) is 58.0 Å². The van der Waals surface area contributed by atoms with Gasteiger partial charge in [-0.2, -0.15) is 0 Å². The minimum Gasteiger partial charge on any atom is -0.384 e. The predicted molar refractivity (Wildman–Crippen MR) is 80.0 cm³/mol. The highest BCUT2D eigenvalue weighted by Crippen LogP contribution is 2.36. The molecule has 1 aliphatic heterocycles. The van der Waals surface area contributed by atoms with E-state index in [-0.39, 0.29) is 0 Å². The first-order valence-corrected chi connectivity index (χ1v) is 7.08. The standard InChI is InChI=1S/C17H25NO/c1-11(2)15-9-14(10-18(15)5)17(19)16-12(3)7-6-8-13(16)4/h6-8,10-11,15,17,19H,9H2,1-5H3/t15-,17?/m0/s1. The van der Waals surface area contributed by atoms with Crippen LogP contribution >= 0.6 is 0 Å². The van der Waals surface area contributed by atoms with Crippen molar-refractivity contribution < 1.29 is 5.11 Å². The molecular formula is C17H25NO. The summed E-state index contributed by atoms with van der Waals surface area (Å²) in [5.41, 5.74) is 4.55. The SMILES string of the molecule is Cc1cccc(C)c1C(O)C1=CN(C)[C@H](C(C)C)C1. The summed E-state index contributed by atoms with van der Waals surface area (Å²) in [7, 11) is 2.11. The Kier molecular flexibility index (Phi) is 4.00. The molecule has 2 nitrogen and oxygen atoms in total. The van der Waals surface area contributed by atoms with Gasteiger partial charge >= 0.3 is 0 Å². The fourth-order valence-electron chi connectivity index (χ4n) is 3.13. The zero-order valence-corrected chi connectivity index (χ0v) is 12.6. The van der Waals surface area contributed by atoms with E-state index in [0.717, 1.165) is 17.6 Å². The number of rotatable bonds is 3. The van der Waals surface area contributed by atoms with E-state index >= 15 is 0 Å². The number of aliphatic hydroxyl groups excluding tert-OH is 1. The average molecular weight is 259 g/mol. The highest BCUT2D eigenvalue weighted by molar-refractivity contribution is 5.40. The van der Waals surface area contributed by atoms with Crippen LogP contribution in [0.15, 0.2) is 30.0 Å². The molecule has 1 unspecified atom stereocenters. The number of aryl methyl sites for hydroxylation is 2. The van der Waals surface area contributed by atoms with Crippen LogP contribution in [0.4, 0.5) is 0 Å². The third-order valence-electron chi connectivity index (χ3n) is 4.27. The second-order valence-corrected chi connectivity index (χ2v) is 6.09. The zero-order chi connectivity index (χ0) is 14.2. The van der Waals surface area contributed by atoms with Crippen LogP contribution in [0.5, 0.6) is 0 Å². The Labute approximate surface area is 116 Å².